The molecule has 8 heteroatoms. The van der Waals surface area contributed by atoms with Crippen LogP contribution >= 0.6 is 35.4 Å². The van der Waals surface area contributed by atoms with Gasteiger partial charge in [-0.1, -0.05) is 35.3 Å². The van der Waals surface area contributed by atoms with Crippen molar-refractivity contribution in [2.45, 2.75) is 18.6 Å². The normalized spacial score (nSPS) is 18.1. The summed E-state index contributed by atoms with van der Waals surface area (Å²) < 4.78 is 2.09. The molecule has 0 spiro atoms. The Morgan fingerprint density at radius 3 is 2.66 bits per heavy atom. The van der Waals surface area contributed by atoms with Crippen LogP contribution in [-0.4, -0.2) is 24.5 Å². The molecule has 0 aliphatic carbocycles. The summed E-state index contributed by atoms with van der Waals surface area (Å²) in [5.41, 5.74) is 3.89. The van der Waals surface area contributed by atoms with E-state index in [1.54, 1.807) is 18.5 Å². The van der Waals surface area contributed by atoms with E-state index >= 15 is 0 Å². The van der Waals surface area contributed by atoms with Crippen molar-refractivity contribution in [1.82, 2.24) is 24.8 Å². The lowest BCUT2D eigenvalue weighted by atomic mass is 10.0. The number of halogens is 2. The fourth-order valence-corrected chi connectivity index (χ4v) is 4.92. The quantitative estimate of drug-likeness (QED) is 0.369. The van der Waals surface area contributed by atoms with Crippen LogP contribution in [0.25, 0.3) is 5.69 Å². The van der Waals surface area contributed by atoms with Gasteiger partial charge >= 0.3 is 0 Å². The molecule has 5 rings (SSSR count). The molecule has 160 valence electrons. The predicted octanol–water partition coefficient (Wildman–Crippen LogP) is 5.75. The standard InChI is InChI=1S/C24H19Cl2N5S/c25-17-8-9-20(18(26)13-17)30-12-4-7-21(30)23-22(19-6-1-2-11-28-19)29-24(32)31(23)15-16-5-3-10-27-14-16/h1-14,22-23H,15H2,(H,29,32)/t22-,23+/m1/s1. The number of nitrogens with one attached hydrogen (secondary N) is 1. The minimum atomic E-state index is -0.125. The smallest absolute Gasteiger partial charge is 0.170 e. The first-order valence-corrected chi connectivity index (χ1v) is 11.3. The summed E-state index contributed by atoms with van der Waals surface area (Å²) in [6.07, 6.45) is 7.44. The van der Waals surface area contributed by atoms with Gasteiger partial charge in [0.2, 0.25) is 0 Å². The van der Waals surface area contributed by atoms with Gasteiger partial charge in [0.1, 0.15) is 0 Å². The van der Waals surface area contributed by atoms with Crippen molar-refractivity contribution < 1.29 is 0 Å². The van der Waals surface area contributed by atoms with Crippen molar-refractivity contribution in [3.05, 3.63) is 112 Å². The van der Waals surface area contributed by atoms with Crippen molar-refractivity contribution >= 4 is 40.5 Å². The molecule has 3 aromatic heterocycles. The van der Waals surface area contributed by atoms with E-state index in [1.807, 2.05) is 54.9 Å². The van der Waals surface area contributed by atoms with Crippen molar-refractivity contribution in [2.75, 3.05) is 0 Å². The number of benzene rings is 1. The van der Waals surface area contributed by atoms with Gasteiger partial charge in [-0.05, 0) is 66.3 Å². The molecule has 4 aromatic rings. The van der Waals surface area contributed by atoms with E-state index < -0.39 is 0 Å². The molecule has 0 amide bonds. The fourth-order valence-electron chi connectivity index (χ4n) is 4.12. The molecule has 0 unspecified atom stereocenters. The molecule has 0 radical (unpaired) electrons. The Bertz CT molecular complexity index is 1250. The largest absolute Gasteiger partial charge is 0.352 e. The summed E-state index contributed by atoms with van der Waals surface area (Å²) >= 11 is 18.5. The van der Waals surface area contributed by atoms with Crippen molar-refractivity contribution in [2.24, 2.45) is 0 Å². The molecule has 1 aliphatic heterocycles. The molecule has 0 saturated carbocycles. The van der Waals surface area contributed by atoms with Gasteiger partial charge < -0.3 is 14.8 Å². The van der Waals surface area contributed by atoms with E-state index in [-0.39, 0.29) is 12.1 Å². The van der Waals surface area contributed by atoms with E-state index in [2.05, 4.69) is 36.9 Å². The van der Waals surface area contributed by atoms with Gasteiger partial charge in [0.15, 0.2) is 5.11 Å². The highest BCUT2D eigenvalue weighted by molar-refractivity contribution is 7.80. The summed E-state index contributed by atoms with van der Waals surface area (Å²) in [4.78, 5) is 11.1. The van der Waals surface area contributed by atoms with Gasteiger partial charge in [-0.15, -0.1) is 0 Å². The van der Waals surface area contributed by atoms with Gasteiger partial charge in [-0.3, -0.25) is 9.97 Å². The molecule has 5 nitrogen and oxygen atoms in total. The number of thiocarbonyl (C=S) groups is 1. The van der Waals surface area contributed by atoms with Crippen LogP contribution in [0.3, 0.4) is 0 Å². The Morgan fingerprint density at radius 1 is 1.00 bits per heavy atom. The molecular weight excluding hydrogens is 461 g/mol. The van der Waals surface area contributed by atoms with E-state index in [0.29, 0.717) is 21.7 Å². The van der Waals surface area contributed by atoms with E-state index in [0.717, 1.165) is 22.6 Å². The molecule has 32 heavy (non-hydrogen) atoms. The van der Waals surface area contributed by atoms with Crippen LogP contribution < -0.4 is 5.32 Å². The second-order valence-electron chi connectivity index (χ2n) is 7.51. The maximum absolute atomic E-state index is 6.57. The zero-order chi connectivity index (χ0) is 22.1. The highest BCUT2D eigenvalue weighted by Gasteiger charge is 2.41. The molecule has 1 N–H and O–H groups in total. The summed E-state index contributed by atoms with van der Waals surface area (Å²) in [5.74, 6) is 0. The molecule has 4 heterocycles. The van der Waals surface area contributed by atoms with E-state index in [9.17, 15) is 0 Å². The zero-order valence-corrected chi connectivity index (χ0v) is 19.2. The number of hydrogen-bond acceptors (Lipinski definition) is 3. The first kappa shape index (κ1) is 20.9. The maximum Gasteiger partial charge on any atom is 0.170 e. The van der Waals surface area contributed by atoms with Crippen LogP contribution in [0.5, 0.6) is 0 Å². The van der Waals surface area contributed by atoms with Gasteiger partial charge in [-0.2, -0.15) is 0 Å². The molecule has 0 bridgehead atoms. The Kier molecular flexibility index (Phi) is 5.83. The van der Waals surface area contributed by atoms with Crippen LogP contribution in [-0.2, 0) is 6.54 Å². The SMILES string of the molecule is S=C1N[C@H](c2ccccn2)[C@H](c2cccn2-c2ccc(Cl)cc2Cl)N1Cc1cccnc1. The van der Waals surface area contributed by atoms with Crippen LogP contribution in [0, 0.1) is 0 Å². The lowest BCUT2D eigenvalue weighted by Crippen LogP contribution is -2.30. The minimum Gasteiger partial charge on any atom is -0.352 e. The van der Waals surface area contributed by atoms with Crippen molar-refractivity contribution in [1.29, 1.82) is 0 Å². The second-order valence-corrected chi connectivity index (χ2v) is 8.74. The lowest BCUT2D eigenvalue weighted by Gasteiger charge is -2.29. The highest BCUT2D eigenvalue weighted by Crippen LogP contribution is 2.41. The average molecular weight is 480 g/mol. The lowest BCUT2D eigenvalue weighted by molar-refractivity contribution is 0.302. The number of hydrogen-bond donors (Lipinski definition) is 1. The summed E-state index contributed by atoms with van der Waals surface area (Å²) in [7, 11) is 0. The zero-order valence-electron chi connectivity index (χ0n) is 16.9. The monoisotopic (exact) mass is 479 g/mol. The molecule has 1 aliphatic rings. The van der Waals surface area contributed by atoms with E-state index in [1.165, 1.54) is 0 Å². The Hall–Kier alpha value is -2.93. The summed E-state index contributed by atoms with van der Waals surface area (Å²) in [6, 6.07) is 19.3. The van der Waals surface area contributed by atoms with Gasteiger partial charge in [0.25, 0.3) is 0 Å². The molecule has 2 atom stereocenters. The topological polar surface area (TPSA) is 46.0 Å². The predicted molar refractivity (Wildman–Crippen MR) is 131 cm³/mol. The molecular formula is C24H19Cl2N5S. The van der Waals surface area contributed by atoms with Crippen LogP contribution in [0.15, 0.2) is 85.5 Å². The Labute approximate surface area is 201 Å². The molecule has 1 fully saturated rings. The van der Waals surface area contributed by atoms with E-state index in [4.69, 9.17) is 35.4 Å². The number of rotatable bonds is 5. The van der Waals surface area contributed by atoms with Crippen LogP contribution in [0.1, 0.15) is 29.0 Å². The summed E-state index contributed by atoms with van der Waals surface area (Å²) in [5, 5.41) is 5.34. The van der Waals surface area contributed by atoms with Gasteiger partial charge in [-0.25, -0.2) is 0 Å². The minimum absolute atomic E-state index is 0.112. The van der Waals surface area contributed by atoms with Crippen molar-refractivity contribution in [3.63, 3.8) is 0 Å². The number of pyridine rings is 2. The molecule has 1 aromatic carbocycles. The Balaban J connectivity index is 1.62. The van der Waals surface area contributed by atoms with Crippen LogP contribution in [0.2, 0.25) is 10.0 Å². The third-order valence-corrected chi connectivity index (χ3v) is 6.42. The number of aromatic nitrogens is 3. The third-order valence-electron chi connectivity index (χ3n) is 5.53. The van der Waals surface area contributed by atoms with Gasteiger partial charge in [0.05, 0.1) is 28.5 Å². The number of nitrogens with zero attached hydrogens (tertiary/aromatic N) is 4. The highest BCUT2D eigenvalue weighted by atomic mass is 35.5. The van der Waals surface area contributed by atoms with Crippen molar-refractivity contribution in [3.8, 4) is 5.69 Å². The maximum atomic E-state index is 6.57. The third kappa shape index (κ3) is 3.97. The first-order chi connectivity index (χ1) is 15.6. The Morgan fingerprint density at radius 2 is 1.91 bits per heavy atom. The average Bonchev–Trinajstić information content (AvgIpc) is 3.40. The van der Waals surface area contributed by atoms with Crippen LogP contribution in [0.4, 0.5) is 0 Å². The van der Waals surface area contributed by atoms with Gasteiger partial charge in [0, 0.05) is 42.0 Å². The summed E-state index contributed by atoms with van der Waals surface area (Å²) in [6.45, 7) is 0.618. The first-order valence-electron chi connectivity index (χ1n) is 10.1. The fraction of sp³-hybridized carbons (Fsp3) is 0.125. The second kappa shape index (κ2) is 8.90. The molecule has 1 saturated heterocycles.